The second-order valence-corrected chi connectivity index (χ2v) is 7.13. The van der Waals surface area contributed by atoms with Crippen molar-refractivity contribution in [3.8, 4) is 0 Å². The van der Waals surface area contributed by atoms with Crippen molar-refractivity contribution in [1.82, 2.24) is 10.6 Å². The molecule has 5 nitrogen and oxygen atoms in total. The van der Waals surface area contributed by atoms with E-state index in [0.717, 1.165) is 6.42 Å². The zero-order valence-corrected chi connectivity index (χ0v) is 13.8. The predicted molar refractivity (Wildman–Crippen MR) is 84.8 cm³/mol. The van der Waals surface area contributed by atoms with Crippen LogP contribution in [0.5, 0.6) is 0 Å². The van der Waals surface area contributed by atoms with E-state index in [2.05, 4.69) is 22.8 Å². The zero-order valence-electron chi connectivity index (χ0n) is 13.0. The van der Waals surface area contributed by atoms with E-state index in [1.165, 1.54) is 9.75 Å². The highest BCUT2D eigenvalue weighted by atomic mass is 32.1. The number of rotatable bonds is 7. The number of nitrogens with one attached hydrogen (secondary N) is 2. The first-order chi connectivity index (χ1) is 9.77. The van der Waals surface area contributed by atoms with Gasteiger partial charge in [0.15, 0.2) is 0 Å². The lowest BCUT2D eigenvalue weighted by Crippen LogP contribution is -2.49. The predicted octanol–water partition coefficient (Wildman–Crippen LogP) is 2.79. The van der Waals surface area contributed by atoms with Gasteiger partial charge >= 0.3 is 12.0 Å². The van der Waals surface area contributed by atoms with Crippen LogP contribution >= 0.6 is 11.3 Å². The Balaban J connectivity index is 2.45. The number of thiophene rings is 1. The first-order valence-corrected chi connectivity index (χ1v) is 7.94. The number of hydrogen-bond donors (Lipinski definition) is 3. The molecule has 3 N–H and O–H groups in total. The van der Waals surface area contributed by atoms with Gasteiger partial charge in [-0.25, -0.2) is 9.59 Å². The number of carboxylic acids is 1. The molecule has 2 unspecified atom stereocenters. The van der Waals surface area contributed by atoms with Crippen LogP contribution in [0.15, 0.2) is 12.1 Å². The molecule has 2 atom stereocenters. The summed E-state index contributed by atoms with van der Waals surface area (Å²) in [4.78, 5) is 25.4. The van der Waals surface area contributed by atoms with Crippen LogP contribution in [0.4, 0.5) is 4.79 Å². The largest absolute Gasteiger partial charge is 0.480 e. The highest BCUT2D eigenvalue weighted by Gasteiger charge is 2.21. The average Bonchev–Trinajstić information content (AvgIpc) is 2.72. The maximum atomic E-state index is 11.9. The lowest BCUT2D eigenvalue weighted by Gasteiger charge is -2.19. The fraction of sp³-hybridized carbons (Fsp3) is 0.600. The van der Waals surface area contributed by atoms with Crippen molar-refractivity contribution >= 4 is 23.3 Å². The maximum absolute atomic E-state index is 11.9. The minimum Gasteiger partial charge on any atom is -0.480 e. The monoisotopic (exact) mass is 312 g/mol. The number of amides is 2. The molecule has 0 fully saturated rings. The molecule has 21 heavy (non-hydrogen) atoms. The van der Waals surface area contributed by atoms with E-state index in [1.807, 2.05) is 27.7 Å². The Hall–Kier alpha value is -1.56. The van der Waals surface area contributed by atoms with Gasteiger partial charge in [-0.1, -0.05) is 13.8 Å². The molecular formula is C15H24N2O3S. The van der Waals surface area contributed by atoms with Crippen LogP contribution in [0.1, 0.15) is 36.9 Å². The van der Waals surface area contributed by atoms with Gasteiger partial charge in [-0.05, 0) is 38.3 Å². The molecule has 1 rings (SSSR count). The van der Waals surface area contributed by atoms with E-state index in [0.29, 0.717) is 6.42 Å². The van der Waals surface area contributed by atoms with E-state index in [4.69, 9.17) is 5.11 Å². The van der Waals surface area contributed by atoms with Gasteiger partial charge in [0.1, 0.15) is 6.04 Å². The van der Waals surface area contributed by atoms with Gasteiger partial charge in [-0.3, -0.25) is 0 Å². The second-order valence-electron chi connectivity index (χ2n) is 5.76. The van der Waals surface area contributed by atoms with Crippen molar-refractivity contribution in [2.75, 3.05) is 0 Å². The van der Waals surface area contributed by atoms with Gasteiger partial charge in [-0.2, -0.15) is 0 Å². The average molecular weight is 312 g/mol. The minimum atomic E-state index is -1.000. The van der Waals surface area contributed by atoms with E-state index < -0.39 is 18.0 Å². The maximum Gasteiger partial charge on any atom is 0.326 e. The highest BCUT2D eigenvalue weighted by Crippen LogP contribution is 2.16. The summed E-state index contributed by atoms with van der Waals surface area (Å²) in [7, 11) is 0. The molecule has 0 aliphatic carbocycles. The number of carbonyl (C=O) groups excluding carboxylic acids is 1. The van der Waals surface area contributed by atoms with Crippen LogP contribution < -0.4 is 10.6 Å². The first kappa shape index (κ1) is 17.5. The third-order valence-electron chi connectivity index (χ3n) is 2.99. The lowest BCUT2D eigenvalue weighted by molar-refractivity contribution is -0.139. The molecule has 0 bridgehead atoms. The standard InChI is InChI=1S/C15H24N2O3S/c1-9(2)7-13(14(18)19)17-15(20)16-10(3)8-12-6-5-11(4)21-12/h5-6,9-10,13H,7-8H2,1-4H3,(H,18,19)(H2,16,17,20). The number of carboxylic acid groups (broad SMARTS) is 1. The van der Waals surface area contributed by atoms with E-state index in [9.17, 15) is 9.59 Å². The molecule has 1 aromatic heterocycles. The van der Waals surface area contributed by atoms with Gasteiger partial charge in [-0.15, -0.1) is 11.3 Å². The van der Waals surface area contributed by atoms with Crippen molar-refractivity contribution < 1.29 is 14.7 Å². The Morgan fingerprint density at radius 2 is 1.90 bits per heavy atom. The molecule has 0 aliphatic rings. The second kappa shape index (κ2) is 8.02. The summed E-state index contributed by atoms with van der Waals surface area (Å²) >= 11 is 1.70. The summed E-state index contributed by atoms with van der Waals surface area (Å²) < 4.78 is 0. The van der Waals surface area contributed by atoms with Gasteiger partial charge in [0.25, 0.3) is 0 Å². The first-order valence-electron chi connectivity index (χ1n) is 7.13. The third-order valence-corrected chi connectivity index (χ3v) is 4.01. The number of aryl methyl sites for hydroxylation is 1. The Morgan fingerprint density at radius 3 is 2.38 bits per heavy atom. The van der Waals surface area contributed by atoms with Crippen LogP contribution in [-0.4, -0.2) is 29.2 Å². The van der Waals surface area contributed by atoms with Crippen molar-refractivity contribution in [3.05, 3.63) is 21.9 Å². The van der Waals surface area contributed by atoms with E-state index >= 15 is 0 Å². The zero-order chi connectivity index (χ0) is 16.0. The number of aliphatic carboxylic acids is 1. The molecule has 1 heterocycles. The van der Waals surface area contributed by atoms with Crippen LogP contribution in [0, 0.1) is 12.8 Å². The molecule has 6 heteroatoms. The van der Waals surface area contributed by atoms with Gasteiger partial charge in [0.2, 0.25) is 0 Å². The van der Waals surface area contributed by atoms with Crippen LogP contribution in [0.3, 0.4) is 0 Å². The van der Waals surface area contributed by atoms with E-state index in [-0.39, 0.29) is 12.0 Å². The number of hydrogen-bond acceptors (Lipinski definition) is 3. The summed E-state index contributed by atoms with van der Waals surface area (Å²) in [5, 5.41) is 14.4. The van der Waals surface area contributed by atoms with Gasteiger partial charge in [0, 0.05) is 22.2 Å². The Labute approximate surface area is 129 Å². The topological polar surface area (TPSA) is 78.4 Å². The molecule has 0 saturated heterocycles. The normalized spacial score (nSPS) is 13.8. The number of urea groups is 1. The quantitative estimate of drug-likeness (QED) is 0.724. The molecule has 0 radical (unpaired) electrons. The fourth-order valence-electron chi connectivity index (χ4n) is 2.06. The molecule has 0 spiro atoms. The summed E-state index contributed by atoms with van der Waals surface area (Å²) in [6.45, 7) is 7.81. The Kier molecular flexibility index (Phi) is 6.68. The molecule has 0 aliphatic heterocycles. The van der Waals surface area contributed by atoms with Crippen molar-refractivity contribution in [3.63, 3.8) is 0 Å². The van der Waals surface area contributed by atoms with Gasteiger partial charge < -0.3 is 15.7 Å². The molecule has 2 amide bonds. The summed E-state index contributed by atoms with van der Waals surface area (Å²) in [5.41, 5.74) is 0. The lowest BCUT2D eigenvalue weighted by atomic mass is 10.0. The Morgan fingerprint density at radius 1 is 1.24 bits per heavy atom. The van der Waals surface area contributed by atoms with Crippen LogP contribution in [0.2, 0.25) is 0 Å². The molecule has 118 valence electrons. The van der Waals surface area contributed by atoms with Crippen LogP contribution in [0.25, 0.3) is 0 Å². The molecule has 0 aromatic carbocycles. The Bertz CT molecular complexity index is 485. The smallest absolute Gasteiger partial charge is 0.326 e. The summed E-state index contributed by atoms with van der Waals surface area (Å²) in [6.07, 6.45) is 1.16. The van der Waals surface area contributed by atoms with Crippen molar-refractivity contribution in [2.45, 2.75) is 52.6 Å². The van der Waals surface area contributed by atoms with Crippen molar-refractivity contribution in [1.29, 1.82) is 0 Å². The van der Waals surface area contributed by atoms with Crippen LogP contribution in [-0.2, 0) is 11.2 Å². The fourth-order valence-corrected chi connectivity index (χ4v) is 3.08. The SMILES string of the molecule is Cc1ccc(CC(C)NC(=O)NC(CC(C)C)C(=O)O)s1. The summed E-state index contributed by atoms with van der Waals surface area (Å²) in [6, 6.07) is 2.78. The number of carbonyl (C=O) groups is 2. The van der Waals surface area contributed by atoms with E-state index in [1.54, 1.807) is 11.3 Å². The third kappa shape index (κ3) is 6.62. The minimum absolute atomic E-state index is 0.0449. The summed E-state index contributed by atoms with van der Waals surface area (Å²) in [5.74, 6) is -0.793. The molecule has 0 saturated carbocycles. The van der Waals surface area contributed by atoms with Gasteiger partial charge in [0.05, 0.1) is 0 Å². The molecular weight excluding hydrogens is 288 g/mol. The molecule has 1 aromatic rings. The highest BCUT2D eigenvalue weighted by molar-refractivity contribution is 7.11. The van der Waals surface area contributed by atoms with Crippen molar-refractivity contribution in [2.24, 2.45) is 5.92 Å².